The van der Waals surface area contributed by atoms with E-state index in [9.17, 15) is 14.9 Å². The van der Waals surface area contributed by atoms with E-state index in [2.05, 4.69) is 5.32 Å². The Morgan fingerprint density at radius 2 is 1.84 bits per heavy atom. The molecule has 1 aromatic rings. The molecule has 6 heteroatoms. The fraction of sp³-hybridized carbons (Fsp3) is 0.632. The number of aryl methyl sites for hydroxylation is 1. The number of carbonyl (C=O) groups is 1. The normalized spacial score (nSPS) is 32.6. The van der Waals surface area contributed by atoms with Crippen LogP contribution in [0.5, 0.6) is 0 Å². The van der Waals surface area contributed by atoms with Crippen LogP contribution in [-0.4, -0.2) is 21.3 Å². The van der Waals surface area contributed by atoms with Gasteiger partial charge in [-0.05, 0) is 68.8 Å². The maximum absolute atomic E-state index is 12.4. The standard InChI is InChI=1S/C19H24N2O3S/c1-12-2-3-16(21(23)24)7-17(12)20-18(22)11-25-19-8-13-4-14(9-19)6-15(5-13)10-19/h2-3,7,13-15H,4-6,8-11H2,1H3,(H,20,22). The summed E-state index contributed by atoms with van der Waals surface area (Å²) < 4.78 is 0.309. The molecule has 4 aliphatic rings. The van der Waals surface area contributed by atoms with Gasteiger partial charge in [-0.1, -0.05) is 6.07 Å². The van der Waals surface area contributed by atoms with Gasteiger partial charge in [0, 0.05) is 16.9 Å². The van der Waals surface area contributed by atoms with Crippen molar-refractivity contribution in [3.63, 3.8) is 0 Å². The molecule has 0 unspecified atom stereocenters. The van der Waals surface area contributed by atoms with Gasteiger partial charge in [0.25, 0.3) is 5.69 Å². The Morgan fingerprint density at radius 1 is 1.24 bits per heavy atom. The number of hydrogen-bond acceptors (Lipinski definition) is 4. The highest BCUT2D eigenvalue weighted by Crippen LogP contribution is 2.60. The molecule has 25 heavy (non-hydrogen) atoms. The van der Waals surface area contributed by atoms with Crippen molar-refractivity contribution >= 4 is 29.0 Å². The number of rotatable bonds is 5. The minimum Gasteiger partial charge on any atom is -0.325 e. The second kappa shape index (κ2) is 6.31. The largest absolute Gasteiger partial charge is 0.325 e. The molecule has 4 bridgehead atoms. The van der Waals surface area contributed by atoms with Crippen LogP contribution in [0, 0.1) is 34.8 Å². The summed E-state index contributed by atoms with van der Waals surface area (Å²) in [6.07, 6.45) is 8.02. The Labute approximate surface area is 152 Å². The van der Waals surface area contributed by atoms with E-state index in [1.807, 2.05) is 18.7 Å². The Bertz CT molecular complexity index is 683. The van der Waals surface area contributed by atoms with E-state index in [-0.39, 0.29) is 11.6 Å². The van der Waals surface area contributed by atoms with Crippen LogP contribution in [0.2, 0.25) is 0 Å². The van der Waals surface area contributed by atoms with Gasteiger partial charge in [-0.25, -0.2) is 0 Å². The first kappa shape index (κ1) is 16.9. The lowest BCUT2D eigenvalue weighted by Crippen LogP contribution is -2.49. The van der Waals surface area contributed by atoms with Crippen LogP contribution in [0.3, 0.4) is 0 Å². The highest BCUT2D eigenvalue weighted by Gasteiger charge is 2.51. The number of amides is 1. The molecule has 0 spiro atoms. The van der Waals surface area contributed by atoms with Crippen molar-refractivity contribution in [3.05, 3.63) is 33.9 Å². The molecular weight excluding hydrogens is 336 g/mol. The maximum Gasteiger partial charge on any atom is 0.271 e. The van der Waals surface area contributed by atoms with Gasteiger partial charge in [0.15, 0.2) is 0 Å². The van der Waals surface area contributed by atoms with Crippen molar-refractivity contribution in [2.24, 2.45) is 17.8 Å². The number of nitrogens with zero attached hydrogens (tertiary/aromatic N) is 1. The van der Waals surface area contributed by atoms with E-state index in [4.69, 9.17) is 0 Å². The number of hydrogen-bond donors (Lipinski definition) is 1. The number of carbonyl (C=O) groups excluding carboxylic acids is 1. The number of non-ortho nitro benzene ring substituents is 1. The Morgan fingerprint density at radius 3 is 2.40 bits per heavy atom. The van der Waals surface area contributed by atoms with Crippen molar-refractivity contribution < 1.29 is 9.72 Å². The van der Waals surface area contributed by atoms with E-state index < -0.39 is 4.92 Å². The van der Waals surface area contributed by atoms with Crippen LogP contribution in [-0.2, 0) is 4.79 Å². The molecule has 1 N–H and O–H groups in total. The molecule has 4 fully saturated rings. The van der Waals surface area contributed by atoms with Crippen LogP contribution in [0.25, 0.3) is 0 Å². The fourth-order valence-electron chi connectivity index (χ4n) is 5.47. The van der Waals surface area contributed by atoms with Crippen molar-refractivity contribution in [2.75, 3.05) is 11.1 Å². The molecule has 0 heterocycles. The number of benzene rings is 1. The molecular formula is C19H24N2O3S. The van der Waals surface area contributed by atoms with Gasteiger partial charge in [-0.15, -0.1) is 11.8 Å². The van der Waals surface area contributed by atoms with E-state index in [0.717, 1.165) is 23.3 Å². The number of nitro groups is 1. The zero-order chi connectivity index (χ0) is 17.6. The number of anilines is 1. The fourth-order valence-corrected chi connectivity index (χ4v) is 7.04. The summed E-state index contributed by atoms with van der Waals surface area (Å²) in [5.41, 5.74) is 1.40. The molecule has 0 aromatic heterocycles. The van der Waals surface area contributed by atoms with Gasteiger partial charge in [0.1, 0.15) is 0 Å². The molecule has 134 valence electrons. The Hall–Kier alpha value is -1.56. The lowest BCUT2D eigenvalue weighted by atomic mass is 9.56. The SMILES string of the molecule is Cc1ccc([N+](=O)[O-])cc1NC(=O)CSC12CC3CC(CC(C3)C1)C2. The van der Waals surface area contributed by atoms with E-state index in [1.54, 1.807) is 6.07 Å². The second-order valence-corrected chi connectivity index (χ2v) is 9.64. The first-order chi connectivity index (χ1) is 11.9. The summed E-state index contributed by atoms with van der Waals surface area (Å²) in [6, 6.07) is 4.60. The number of nitrogens with one attached hydrogen (secondary N) is 1. The molecule has 1 aromatic carbocycles. The Balaban J connectivity index is 1.39. The zero-order valence-corrected chi connectivity index (χ0v) is 15.3. The molecule has 4 saturated carbocycles. The molecule has 0 atom stereocenters. The third kappa shape index (κ3) is 3.41. The summed E-state index contributed by atoms with van der Waals surface area (Å²) in [5.74, 6) is 3.01. The quantitative estimate of drug-likeness (QED) is 0.618. The summed E-state index contributed by atoms with van der Waals surface area (Å²) >= 11 is 1.83. The predicted molar refractivity (Wildman–Crippen MR) is 99.8 cm³/mol. The van der Waals surface area contributed by atoms with Crippen LogP contribution < -0.4 is 5.32 Å². The highest BCUT2D eigenvalue weighted by molar-refractivity contribution is 8.01. The zero-order valence-electron chi connectivity index (χ0n) is 14.5. The summed E-state index contributed by atoms with van der Waals surface area (Å²) in [7, 11) is 0. The average Bonchev–Trinajstić information content (AvgIpc) is 2.54. The Kier molecular flexibility index (Phi) is 4.26. The molecule has 1 amide bonds. The molecule has 0 aliphatic heterocycles. The predicted octanol–water partition coefficient (Wildman–Crippen LogP) is 4.54. The minimum absolute atomic E-state index is 0.00892. The first-order valence-electron chi connectivity index (χ1n) is 9.11. The number of thioether (sulfide) groups is 1. The molecule has 4 aliphatic carbocycles. The van der Waals surface area contributed by atoms with Crippen LogP contribution in [0.4, 0.5) is 11.4 Å². The van der Waals surface area contributed by atoms with Gasteiger partial charge >= 0.3 is 0 Å². The monoisotopic (exact) mass is 360 g/mol. The van der Waals surface area contributed by atoms with Crippen LogP contribution in [0.1, 0.15) is 44.1 Å². The number of nitro benzene ring substituents is 1. The first-order valence-corrected chi connectivity index (χ1v) is 10.1. The van der Waals surface area contributed by atoms with E-state index in [0.29, 0.717) is 16.2 Å². The minimum atomic E-state index is -0.431. The van der Waals surface area contributed by atoms with Gasteiger partial charge < -0.3 is 5.32 Å². The van der Waals surface area contributed by atoms with Crippen LogP contribution >= 0.6 is 11.8 Å². The molecule has 0 radical (unpaired) electrons. The van der Waals surface area contributed by atoms with Crippen molar-refractivity contribution in [3.8, 4) is 0 Å². The van der Waals surface area contributed by atoms with Gasteiger partial charge in [0.2, 0.25) is 5.91 Å². The van der Waals surface area contributed by atoms with Crippen molar-refractivity contribution in [1.82, 2.24) is 0 Å². The lowest BCUT2D eigenvalue weighted by molar-refractivity contribution is -0.384. The topological polar surface area (TPSA) is 72.2 Å². The third-order valence-electron chi connectivity index (χ3n) is 6.20. The van der Waals surface area contributed by atoms with E-state index >= 15 is 0 Å². The highest BCUT2D eigenvalue weighted by atomic mass is 32.2. The summed E-state index contributed by atoms with van der Waals surface area (Å²) in [6.45, 7) is 1.85. The third-order valence-corrected chi connectivity index (χ3v) is 7.72. The smallest absolute Gasteiger partial charge is 0.271 e. The molecule has 0 saturated heterocycles. The molecule has 5 nitrogen and oxygen atoms in total. The average molecular weight is 360 g/mol. The molecule has 5 rings (SSSR count). The van der Waals surface area contributed by atoms with Crippen LogP contribution in [0.15, 0.2) is 18.2 Å². The maximum atomic E-state index is 12.4. The summed E-state index contributed by atoms with van der Waals surface area (Å²) in [4.78, 5) is 22.9. The summed E-state index contributed by atoms with van der Waals surface area (Å²) in [5, 5.41) is 13.8. The van der Waals surface area contributed by atoms with Gasteiger partial charge in [-0.3, -0.25) is 14.9 Å². The van der Waals surface area contributed by atoms with E-state index in [1.165, 1.54) is 50.7 Å². The lowest BCUT2D eigenvalue weighted by Gasteiger charge is -2.56. The van der Waals surface area contributed by atoms with Crippen molar-refractivity contribution in [2.45, 2.75) is 50.2 Å². The van der Waals surface area contributed by atoms with Crippen molar-refractivity contribution in [1.29, 1.82) is 0 Å². The van der Waals surface area contributed by atoms with Gasteiger partial charge in [0.05, 0.1) is 16.4 Å². The van der Waals surface area contributed by atoms with Gasteiger partial charge in [-0.2, -0.15) is 0 Å². The second-order valence-electron chi connectivity index (χ2n) is 8.19.